The highest BCUT2D eigenvalue weighted by atomic mass is 32.2. The Labute approximate surface area is 149 Å². The largest absolute Gasteiger partial charge is 0.494 e. The average Bonchev–Trinajstić information content (AvgIpc) is 3.46. The number of aromatic nitrogens is 1. The van der Waals surface area contributed by atoms with Gasteiger partial charge in [0.05, 0.1) is 18.4 Å². The van der Waals surface area contributed by atoms with Crippen molar-refractivity contribution in [3.05, 3.63) is 48.3 Å². The lowest BCUT2D eigenvalue weighted by molar-refractivity contribution is 0.340. The average molecular weight is 360 g/mol. The van der Waals surface area contributed by atoms with E-state index < -0.39 is 10.0 Å². The lowest BCUT2D eigenvalue weighted by Gasteiger charge is -2.18. The Morgan fingerprint density at radius 1 is 1.16 bits per heavy atom. The van der Waals surface area contributed by atoms with E-state index >= 15 is 0 Å². The number of hydrogen-bond acceptors (Lipinski definition) is 4. The van der Waals surface area contributed by atoms with Crippen LogP contribution in [0.2, 0.25) is 0 Å². The third-order valence-corrected chi connectivity index (χ3v) is 5.77. The number of nitrogens with zero attached hydrogens (tertiary/aromatic N) is 1. The number of hydrogen-bond donors (Lipinski definition) is 1. The maximum absolute atomic E-state index is 12.0. The number of rotatable bonds is 8. The highest BCUT2D eigenvalue weighted by Gasteiger charge is 2.35. The maximum atomic E-state index is 12.0. The monoisotopic (exact) mass is 360 g/mol. The third-order valence-electron chi connectivity index (χ3n) is 4.40. The first-order chi connectivity index (χ1) is 12.0. The van der Waals surface area contributed by atoms with Crippen LogP contribution in [0.25, 0.3) is 11.1 Å². The molecule has 25 heavy (non-hydrogen) atoms. The summed E-state index contributed by atoms with van der Waals surface area (Å²) in [4.78, 5) is 4.34. The molecule has 0 spiro atoms. The Balaban J connectivity index is 1.86. The summed E-state index contributed by atoms with van der Waals surface area (Å²) in [7, 11) is -3.26. The number of benzene rings is 1. The fraction of sp³-hybridized carbons (Fsp3) is 0.421. The van der Waals surface area contributed by atoms with Crippen molar-refractivity contribution >= 4 is 10.0 Å². The van der Waals surface area contributed by atoms with Crippen molar-refractivity contribution < 1.29 is 13.2 Å². The van der Waals surface area contributed by atoms with Gasteiger partial charge in [-0.2, -0.15) is 0 Å². The van der Waals surface area contributed by atoms with Gasteiger partial charge in [0, 0.05) is 18.0 Å². The van der Waals surface area contributed by atoms with E-state index in [0.29, 0.717) is 12.5 Å². The van der Waals surface area contributed by atoms with Gasteiger partial charge in [-0.05, 0) is 61.9 Å². The van der Waals surface area contributed by atoms with E-state index in [2.05, 4.69) is 9.71 Å². The van der Waals surface area contributed by atoms with Crippen molar-refractivity contribution in [1.82, 2.24) is 9.71 Å². The van der Waals surface area contributed by atoms with Crippen molar-refractivity contribution in [2.45, 2.75) is 32.7 Å². The smallest absolute Gasteiger partial charge is 0.211 e. The van der Waals surface area contributed by atoms with E-state index in [-0.39, 0.29) is 11.8 Å². The molecule has 6 heteroatoms. The van der Waals surface area contributed by atoms with Crippen molar-refractivity contribution in [3.8, 4) is 16.9 Å². The Morgan fingerprint density at radius 3 is 2.48 bits per heavy atom. The molecule has 1 heterocycles. The van der Waals surface area contributed by atoms with Crippen LogP contribution in [-0.2, 0) is 10.0 Å². The van der Waals surface area contributed by atoms with E-state index in [1.165, 1.54) is 0 Å². The molecule has 0 radical (unpaired) electrons. The molecule has 1 aromatic heterocycles. The molecule has 0 amide bonds. The van der Waals surface area contributed by atoms with Gasteiger partial charge in [-0.15, -0.1) is 0 Å². The van der Waals surface area contributed by atoms with Crippen LogP contribution < -0.4 is 9.46 Å². The normalized spacial score (nSPS) is 15.8. The van der Waals surface area contributed by atoms with Gasteiger partial charge in [0.2, 0.25) is 10.0 Å². The molecule has 134 valence electrons. The molecule has 1 saturated carbocycles. The topological polar surface area (TPSA) is 68.3 Å². The first-order valence-corrected chi connectivity index (χ1v) is 10.4. The van der Waals surface area contributed by atoms with Gasteiger partial charge in [0.15, 0.2) is 0 Å². The highest BCUT2D eigenvalue weighted by Crippen LogP contribution is 2.41. The van der Waals surface area contributed by atoms with Crippen LogP contribution in [0.1, 0.15) is 38.3 Å². The Morgan fingerprint density at radius 2 is 1.88 bits per heavy atom. The van der Waals surface area contributed by atoms with Crippen molar-refractivity contribution in [2.75, 3.05) is 12.4 Å². The molecular formula is C19H24N2O3S. The molecule has 1 aliphatic rings. The second-order valence-electron chi connectivity index (χ2n) is 6.30. The standard InChI is InChI=1S/C19H24N2O3S/c1-3-24-18-9-7-14(8-10-18)16-11-17(13-20-12-16)19(15-5-6-15)21-25(22,23)4-2/h7-13,15,19,21H,3-6H2,1-2H3. The molecule has 3 rings (SSSR count). The van der Waals surface area contributed by atoms with Crippen molar-refractivity contribution in [3.63, 3.8) is 0 Å². The van der Waals surface area contributed by atoms with E-state index in [0.717, 1.165) is 35.3 Å². The van der Waals surface area contributed by atoms with Crippen LogP contribution in [0.4, 0.5) is 0 Å². The summed E-state index contributed by atoms with van der Waals surface area (Å²) in [6.45, 7) is 4.24. The van der Waals surface area contributed by atoms with Gasteiger partial charge in [-0.3, -0.25) is 4.98 Å². The SMILES string of the molecule is CCOc1ccc(-c2cncc(C(NS(=O)(=O)CC)C3CC3)c2)cc1. The van der Waals surface area contributed by atoms with E-state index in [9.17, 15) is 8.42 Å². The Kier molecular flexibility index (Phi) is 5.39. The quantitative estimate of drug-likeness (QED) is 0.782. The third kappa shape index (κ3) is 4.58. The van der Waals surface area contributed by atoms with Crippen LogP contribution in [-0.4, -0.2) is 25.8 Å². The lowest BCUT2D eigenvalue weighted by Crippen LogP contribution is -2.31. The summed E-state index contributed by atoms with van der Waals surface area (Å²) in [5.41, 5.74) is 2.93. The predicted octanol–water partition coefficient (Wildman–Crippen LogP) is 3.54. The minimum Gasteiger partial charge on any atom is -0.494 e. The van der Waals surface area contributed by atoms with Gasteiger partial charge >= 0.3 is 0 Å². The number of sulfonamides is 1. The second-order valence-corrected chi connectivity index (χ2v) is 8.34. The number of ether oxygens (including phenoxy) is 1. The molecule has 0 bridgehead atoms. The van der Waals surface area contributed by atoms with Gasteiger partial charge in [-0.25, -0.2) is 13.1 Å². The zero-order chi connectivity index (χ0) is 17.9. The summed E-state index contributed by atoms with van der Waals surface area (Å²) < 4.78 is 32.4. The zero-order valence-electron chi connectivity index (χ0n) is 14.6. The summed E-state index contributed by atoms with van der Waals surface area (Å²) in [6, 6.07) is 9.69. The molecule has 1 unspecified atom stereocenters. The second kappa shape index (κ2) is 7.54. The fourth-order valence-electron chi connectivity index (χ4n) is 2.84. The van der Waals surface area contributed by atoms with Gasteiger partial charge in [0.25, 0.3) is 0 Å². The number of nitrogens with one attached hydrogen (secondary N) is 1. The van der Waals surface area contributed by atoms with Gasteiger partial charge < -0.3 is 4.74 Å². The Hall–Kier alpha value is -1.92. The molecule has 1 fully saturated rings. The fourth-order valence-corrected chi connectivity index (χ4v) is 3.72. The Bertz CT molecular complexity index is 815. The molecular weight excluding hydrogens is 336 g/mol. The van der Waals surface area contributed by atoms with Crippen LogP contribution in [0.3, 0.4) is 0 Å². The molecule has 5 nitrogen and oxygen atoms in total. The molecule has 0 aliphatic heterocycles. The maximum Gasteiger partial charge on any atom is 0.211 e. The summed E-state index contributed by atoms with van der Waals surface area (Å²) in [5, 5.41) is 0. The highest BCUT2D eigenvalue weighted by molar-refractivity contribution is 7.89. The van der Waals surface area contributed by atoms with Crippen molar-refractivity contribution in [2.24, 2.45) is 5.92 Å². The van der Waals surface area contributed by atoms with Gasteiger partial charge in [-0.1, -0.05) is 12.1 Å². The van der Waals surface area contributed by atoms with E-state index in [4.69, 9.17) is 4.74 Å². The lowest BCUT2D eigenvalue weighted by atomic mass is 10.0. The van der Waals surface area contributed by atoms with Crippen LogP contribution >= 0.6 is 0 Å². The van der Waals surface area contributed by atoms with E-state index in [1.54, 1.807) is 19.3 Å². The predicted molar refractivity (Wildman–Crippen MR) is 98.9 cm³/mol. The summed E-state index contributed by atoms with van der Waals surface area (Å²) in [6.07, 6.45) is 5.66. The molecule has 1 aliphatic carbocycles. The minimum absolute atomic E-state index is 0.0855. The summed E-state index contributed by atoms with van der Waals surface area (Å²) >= 11 is 0. The van der Waals surface area contributed by atoms with Crippen LogP contribution in [0, 0.1) is 5.92 Å². The van der Waals surface area contributed by atoms with Crippen LogP contribution in [0.5, 0.6) is 5.75 Å². The molecule has 1 aromatic carbocycles. The molecule has 1 atom stereocenters. The van der Waals surface area contributed by atoms with E-state index in [1.807, 2.05) is 37.3 Å². The molecule has 0 saturated heterocycles. The van der Waals surface area contributed by atoms with Crippen molar-refractivity contribution in [1.29, 1.82) is 0 Å². The number of pyridine rings is 1. The van der Waals surface area contributed by atoms with Gasteiger partial charge in [0.1, 0.15) is 5.75 Å². The van der Waals surface area contributed by atoms with Crippen LogP contribution in [0.15, 0.2) is 42.7 Å². The first-order valence-electron chi connectivity index (χ1n) is 8.70. The minimum atomic E-state index is -3.26. The summed E-state index contributed by atoms with van der Waals surface area (Å²) in [5.74, 6) is 1.28. The molecule has 2 aromatic rings. The first kappa shape index (κ1) is 17.9. The zero-order valence-corrected chi connectivity index (χ0v) is 15.4. The molecule has 1 N–H and O–H groups in total.